The van der Waals surface area contributed by atoms with Crippen molar-refractivity contribution in [1.29, 1.82) is 0 Å². The number of aromatic amines is 4. The van der Waals surface area contributed by atoms with Crippen molar-refractivity contribution in [3.05, 3.63) is 194 Å². The zero-order chi connectivity index (χ0) is 52.4. The quantitative estimate of drug-likeness (QED) is 0.111. The summed E-state index contributed by atoms with van der Waals surface area (Å²) in [5.41, 5.74) is 12.9. The van der Waals surface area contributed by atoms with Gasteiger partial charge in [-0.2, -0.15) is 0 Å². The van der Waals surface area contributed by atoms with Crippen LogP contribution in [-0.2, 0) is 0 Å². The summed E-state index contributed by atoms with van der Waals surface area (Å²) in [4.78, 5) is 73.5. The molecule has 4 aliphatic heterocycles. The number of hydrogen-bond donors (Lipinski definition) is 4. The summed E-state index contributed by atoms with van der Waals surface area (Å²) in [6.07, 6.45) is 0. The normalized spacial score (nSPS) is 11.9. The first-order valence-electron chi connectivity index (χ1n) is 26.0. The first-order valence-corrected chi connectivity index (χ1v) is 26.0. The molecule has 380 valence electrons. The van der Waals surface area contributed by atoms with E-state index in [-0.39, 0.29) is 39.9 Å². The van der Waals surface area contributed by atoms with Crippen molar-refractivity contribution in [3.63, 3.8) is 0 Å². The Morgan fingerprint density at radius 1 is 0.160 bits per heavy atom. The molecule has 4 N–H and O–H groups in total. The minimum atomic E-state index is 0. The van der Waals surface area contributed by atoms with Gasteiger partial charge in [0.1, 0.15) is 45.2 Å². The van der Waals surface area contributed by atoms with Crippen LogP contribution in [0.2, 0.25) is 0 Å². The number of aromatic nitrogens is 16. The third-order valence-corrected chi connectivity index (χ3v) is 14.9. The minimum absolute atomic E-state index is 0. The van der Waals surface area contributed by atoms with Crippen LogP contribution < -0.4 is 0 Å². The van der Waals surface area contributed by atoms with E-state index in [4.69, 9.17) is 59.8 Å². The standard InChI is InChI=1S/2C32H18N8.Gd/c2*1-2-10-18-17(9-1)25-33-26(18)38-28-21-13-5-6-14-22(21)30(35-28)40-32-24-16-8-7-15-23(24)31(36-32)39-29-20-12-4-3-11-19(20)27(34-29)37-25;/h2*1-16H,(H2,33,34,35,36,37,38,39,40);. The molecule has 16 bridgehead atoms. The van der Waals surface area contributed by atoms with Crippen LogP contribution in [0, 0.1) is 39.9 Å². The van der Waals surface area contributed by atoms with Crippen LogP contribution in [0.25, 0.3) is 179 Å². The van der Waals surface area contributed by atoms with E-state index in [9.17, 15) is 0 Å². The van der Waals surface area contributed by atoms with Crippen molar-refractivity contribution in [2.24, 2.45) is 0 Å². The van der Waals surface area contributed by atoms with Crippen LogP contribution in [0.5, 0.6) is 0 Å². The molecule has 0 atom stereocenters. The number of nitrogens with zero attached hydrogens (tertiary/aromatic N) is 12. The molecule has 4 aliphatic rings. The first kappa shape index (κ1) is 46.9. The predicted molar refractivity (Wildman–Crippen MR) is 312 cm³/mol. The molecule has 8 aromatic carbocycles. The van der Waals surface area contributed by atoms with Crippen LogP contribution >= 0.6 is 0 Å². The first-order chi connectivity index (χ1) is 39.6. The average molecular weight is 1190 g/mol. The molecule has 81 heavy (non-hydrogen) atoms. The molecule has 0 aliphatic carbocycles. The van der Waals surface area contributed by atoms with E-state index in [1.54, 1.807) is 0 Å². The zero-order valence-corrected chi connectivity index (χ0v) is 44.5. The molecule has 10 heterocycles. The SMILES string of the molecule is [Gd].c1ccc2c(c1)-c1nc-2nc2[nH]c(nc3nc(nc4[nH]c(n1)c1ccccc41)-c1ccccc1-3)c1ccccc21.c1ccc2c(c1)-c1nc-2nc2[nH]c(nc3nc(nc4[nH]c(n1)c1ccccc41)-c1ccccc1-3)c1ccccc21. The Kier molecular flexibility index (Phi) is 10.7. The number of nitrogens with one attached hydrogen (secondary N) is 4. The van der Waals surface area contributed by atoms with Gasteiger partial charge in [0.25, 0.3) is 0 Å². The Labute approximate surface area is 489 Å². The summed E-state index contributed by atoms with van der Waals surface area (Å²) in [6.45, 7) is 0. The number of fused-ring (bicyclic) bond motifs is 40. The Balaban J connectivity index is 0.000000132. The maximum atomic E-state index is 5.02. The van der Waals surface area contributed by atoms with Crippen molar-refractivity contribution in [1.82, 2.24) is 79.7 Å². The molecule has 0 fully saturated rings. The zero-order valence-electron chi connectivity index (χ0n) is 42.2. The van der Waals surface area contributed by atoms with Crippen LogP contribution in [0.15, 0.2) is 194 Å². The molecule has 0 unspecified atom stereocenters. The van der Waals surface area contributed by atoms with Gasteiger partial charge in [-0.05, 0) is 0 Å². The number of benzene rings is 8. The fourth-order valence-electron chi connectivity index (χ4n) is 11.2. The van der Waals surface area contributed by atoms with Gasteiger partial charge in [0.15, 0.2) is 46.6 Å². The summed E-state index contributed by atoms with van der Waals surface area (Å²) in [5, 5.41) is 7.64. The van der Waals surface area contributed by atoms with Crippen LogP contribution in [-0.4, -0.2) is 79.7 Å². The molecule has 14 aromatic rings. The van der Waals surface area contributed by atoms with E-state index in [1.165, 1.54) is 0 Å². The minimum Gasteiger partial charge on any atom is -0.324 e. The van der Waals surface area contributed by atoms with E-state index in [0.29, 0.717) is 91.8 Å². The van der Waals surface area contributed by atoms with Gasteiger partial charge in [0.2, 0.25) is 0 Å². The van der Waals surface area contributed by atoms with Gasteiger partial charge < -0.3 is 19.9 Å². The van der Waals surface area contributed by atoms with E-state index >= 15 is 0 Å². The van der Waals surface area contributed by atoms with Gasteiger partial charge in [-0.25, -0.2) is 59.8 Å². The predicted octanol–water partition coefficient (Wildman–Crippen LogP) is 13.7. The molecule has 16 nitrogen and oxygen atoms in total. The summed E-state index contributed by atoms with van der Waals surface area (Å²) in [7, 11) is 0. The molecular weight excluding hydrogens is 1150 g/mol. The maximum Gasteiger partial charge on any atom is 0.164 e. The summed E-state index contributed by atoms with van der Waals surface area (Å²) < 4.78 is 0. The van der Waals surface area contributed by atoms with Crippen LogP contribution in [0.4, 0.5) is 0 Å². The molecule has 0 saturated carbocycles. The van der Waals surface area contributed by atoms with Gasteiger partial charge in [-0.3, -0.25) is 0 Å². The monoisotopic (exact) mass is 1190 g/mol. The van der Waals surface area contributed by atoms with Crippen molar-refractivity contribution < 1.29 is 39.9 Å². The van der Waals surface area contributed by atoms with Crippen LogP contribution in [0.3, 0.4) is 0 Å². The topological polar surface area (TPSA) is 218 Å². The second-order valence-electron chi connectivity index (χ2n) is 19.6. The van der Waals surface area contributed by atoms with E-state index in [0.717, 1.165) is 87.6 Å². The van der Waals surface area contributed by atoms with Crippen molar-refractivity contribution in [3.8, 4) is 91.1 Å². The molecule has 6 aromatic heterocycles. The second kappa shape index (κ2) is 18.5. The van der Waals surface area contributed by atoms with Gasteiger partial charge in [-0.1, -0.05) is 194 Å². The number of rotatable bonds is 0. The Morgan fingerprint density at radius 3 is 0.420 bits per heavy atom. The van der Waals surface area contributed by atoms with Gasteiger partial charge in [0, 0.05) is 128 Å². The molecular formula is C64H36GdN16. The molecule has 0 saturated heterocycles. The van der Waals surface area contributed by atoms with Crippen molar-refractivity contribution >= 4 is 88.3 Å². The third-order valence-electron chi connectivity index (χ3n) is 14.9. The summed E-state index contributed by atoms with van der Waals surface area (Å²) in [6, 6.07) is 64.5. The Morgan fingerprint density at radius 2 is 0.284 bits per heavy atom. The van der Waals surface area contributed by atoms with Gasteiger partial charge in [0.05, 0.1) is 0 Å². The molecule has 0 spiro atoms. The van der Waals surface area contributed by atoms with E-state index < -0.39 is 0 Å². The van der Waals surface area contributed by atoms with Gasteiger partial charge in [-0.15, -0.1) is 0 Å². The Bertz CT molecular complexity index is 4390. The van der Waals surface area contributed by atoms with E-state index in [2.05, 4.69) is 19.9 Å². The van der Waals surface area contributed by atoms with Crippen molar-refractivity contribution in [2.75, 3.05) is 0 Å². The summed E-state index contributed by atoms with van der Waals surface area (Å²) in [5.74, 6) is 4.78. The second-order valence-corrected chi connectivity index (χ2v) is 19.6. The fourth-order valence-corrected chi connectivity index (χ4v) is 11.2. The summed E-state index contributed by atoms with van der Waals surface area (Å²) >= 11 is 0. The molecule has 0 amide bonds. The van der Waals surface area contributed by atoms with Crippen LogP contribution in [0.1, 0.15) is 0 Å². The smallest absolute Gasteiger partial charge is 0.164 e. The number of hydrogen-bond acceptors (Lipinski definition) is 12. The molecule has 0 radical (unpaired) electrons. The maximum absolute atomic E-state index is 5.02. The molecule has 18 rings (SSSR count). The van der Waals surface area contributed by atoms with Gasteiger partial charge >= 0.3 is 0 Å². The van der Waals surface area contributed by atoms with Crippen molar-refractivity contribution in [2.45, 2.75) is 0 Å². The van der Waals surface area contributed by atoms with E-state index in [1.807, 2.05) is 194 Å². The molecule has 17 heteroatoms. The fraction of sp³-hybridized carbons (Fsp3) is 0. The number of H-pyrrole nitrogens is 4. The largest absolute Gasteiger partial charge is 0.324 e. The Hall–Kier alpha value is -10.2. The third kappa shape index (κ3) is 7.58. The average Bonchev–Trinajstić information content (AvgIpc) is 4.53.